The van der Waals surface area contributed by atoms with Crippen molar-refractivity contribution in [1.29, 1.82) is 0 Å². The first-order valence-corrected chi connectivity index (χ1v) is 8.72. The van der Waals surface area contributed by atoms with E-state index in [9.17, 15) is 4.79 Å². The highest BCUT2D eigenvalue weighted by atomic mass is 16.5. The molecule has 3 rings (SSSR count). The summed E-state index contributed by atoms with van der Waals surface area (Å²) in [5, 5.41) is 2.97. The minimum atomic E-state index is -0.0545. The Balaban J connectivity index is 1.44. The molecule has 5 nitrogen and oxygen atoms in total. The van der Waals surface area contributed by atoms with Crippen molar-refractivity contribution in [2.24, 2.45) is 0 Å². The first kappa shape index (κ1) is 17.1. The van der Waals surface area contributed by atoms with Gasteiger partial charge in [0.25, 0.3) is 0 Å². The van der Waals surface area contributed by atoms with E-state index < -0.39 is 0 Å². The Hall–Kier alpha value is -1.69. The van der Waals surface area contributed by atoms with E-state index >= 15 is 0 Å². The van der Waals surface area contributed by atoms with Gasteiger partial charge in [0, 0.05) is 44.3 Å². The number of piperazine rings is 1. The van der Waals surface area contributed by atoms with E-state index in [0.29, 0.717) is 18.2 Å². The lowest BCUT2D eigenvalue weighted by Gasteiger charge is -2.44. The van der Waals surface area contributed by atoms with Crippen molar-refractivity contribution in [3.05, 3.63) is 48.0 Å². The first-order chi connectivity index (χ1) is 11.6. The summed E-state index contributed by atoms with van der Waals surface area (Å²) in [7, 11) is 0. The fourth-order valence-corrected chi connectivity index (χ4v) is 3.23. The SMILES string of the molecule is C=C(C(=O)NCc1ccccc1)C(C)N1CCN(C2COC2)CC1. The van der Waals surface area contributed by atoms with Crippen LogP contribution in [0.5, 0.6) is 0 Å². The second-order valence-corrected chi connectivity index (χ2v) is 6.63. The van der Waals surface area contributed by atoms with Gasteiger partial charge in [0.1, 0.15) is 0 Å². The predicted octanol–water partition coefficient (Wildman–Crippen LogP) is 1.26. The van der Waals surface area contributed by atoms with Gasteiger partial charge in [-0.2, -0.15) is 0 Å². The third kappa shape index (κ3) is 4.04. The normalized spacial score (nSPS) is 21.0. The molecule has 1 unspecified atom stereocenters. The van der Waals surface area contributed by atoms with Crippen molar-refractivity contribution in [3.63, 3.8) is 0 Å². The number of hydrogen-bond acceptors (Lipinski definition) is 4. The van der Waals surface area contributed by atoms with E-state index in [1.54, 1.807) is 0 Å². The van der Waals surface area contributed by atoms with Crippen molar-refractivity contribution in [2.75, 3.05) is 39.4 Å². The summed E-state index contributed by atoms with van der Waals surface area (Å²) in [4.78, 5) is 17.2. The van der Waals surface area contributed by atoms with Crippen molar-refractivity contribution < 1.29 is 9.53 Å². The Morgan fingerprint density at radius 3 is 2.50 bits per heavy atom. The minimum Gasteiger partial charge on any atom is -0.378 e. The van der Waals surface area contributed by atoms with Crippen LogP contribution in [0.15, 0.2) is 42.5 Å². The van der Waals surface area contributed by atoms with Crippen LogP contribution in [0.4, 0.5) is 0 Å². The molecule has 2 saturated heterocycles. The molecule has 0 bridgehead atoms. The molecule has 5 heteroatoms. The molecule has 2 heterocycles. The summed E-state index contributed by atoms with van der Waals surface area (Å²) in [6, 6.07) is 10.6. The van der Waals surface area contributed by atoms with Gasteiger partial charge in [-0.1, -0.05) is 36.9 Å². The van der Waals surface area contributed by atoms with E-state index in [1.807, 2.05) is 30.3 Å². The maximum absolute atomic E-state index is 12.4. The molecule has 24 heavy (non-hydrogen) atoms. The number of carbonyl (C=O) groups excluding carboxylic acids is 1. The van der Waals surface area contributed by atoms with Crippen LogP contribution in [-0.2, 0) is 16.1 Å². The Kier molecular flexibility index (Phi) is 5.66. The maximum Gasteiger partial charge on any atom is 0.248 e. The van der Waals surface area contributed by atoms with E-state index in [0.717, 1.165) is 45.0 Å². The highest BCUT2D eigenvalue weighted by Gasteiger charge is 2.31. The van der Waals surface area contributed by atoms with Gasteiger partial charge < -0.3 is 10.1 Å². The molecular weight excluding hydrogens is 302 g/mol. The van der Waals surface area contributed by atoms with Crippen LogP contribution in [0.2, 0.25) is 0 Å². The van der Waals surface area contributed by atoms with Crippen LogP contribution in [-0.4, -0.2) is 67.2 Å². The van der Waals surface area contributed by atoms with Crippen LogP contribution < -0.4 is 5.32 Å². The molecule has 2 fully saturated rings. The molecule has 1 amide bonds. The van der Waals surface area contributed by atoms with Gasteiger partial charge in [-0.3, -0.25) is 14.6 Å². The smallest absolute Gasteiger partial charge is 0.248 e. The topological polar surface area (TPSA) is 44.8 Å². The lowest BCUT2D eigenvalue weighted by atomic mass is 10.1. The first-order valence-electron chi connectivity index (χ1n) is 8.72. The Bertz CT molecular complexity index is 563. The molecule has 0 saturated carbocycles. The summed E-state index contributed by atoms with van der Waals surface area (Å²) in [6.07, 6.45) is 0. The second kappa shape index (κ2) is 7.92. The number of ether oxygens (including phenoxy) is 1. The summed E-state index contributed by atoms with van der Waals surface area (Å²) in [6.45, 7) is 12.4. The van der Waals surface area contributed by atoms with Crippen LogP contribution in [0.1, 0.15) is 12.5 Å². The Morgan fingerprint density at radius 1 is 1.25 bits per heavy atom. The molecular formula is C19H27N3O2. The third-order valence-corrected chi connectivity index (χ3v) is 5.13. The lowest BCUT2D eigenvalue weighted by molar-refractivity contribution is -0.118. The molecule has 1 N–H and O–H groups in total. The molecule has 2 aliphatic heterocycles. The molecule has 0 radical (unpaired) electrons. The van der Waals surface area contributed by atoms with E-state index in [2.05, 4.69) is 28.6 Å². The van der Waals surface area contributed by atoms with Crippen LogP contribution >= 0.6 is 0 Å². The molecule has 0 aromatic heterocycles. The zero-order valence-corrected chi connectivity index (χ0v) is 14.4. The van der Waals surface area contributed by atoms with Gasteiger partial charge in [0.2, 0.25) is 5.91 Å². The average Bonchev–Trinajstić information content (AvgIpc) is 2.58. The number of hydrogen-bond donors (Lipinski definition) is 1. The number of amides is 1. The maximum atomic E-state index is 12.4. The van der Waals surface area contributed by atoms with Gasteiger partial charge in [0.05, 0.1) is 19.3 Å². The van der Waals surface area contributed by atoms with Crippen molar-refractivity contribution >= 4 is 5.91 Å². The lowest BCUT2D eigenvalue weighted by Crippen LogP contribution is -2.58. The summed E-state index contributed by atoms with van der Waals surface area (Å²) < 4.78 is 5.27. The number of rotatable bonds is 6. The molecule has 1 aromatic rings. The number of nitrogens with one attached hydrogen (secondary N) is 1. The Labute approximate surface area is 144 Å². The zero-order chi connectivity index (χ0) is 16.9. The molecule has 1 aromatic carbocycles. The van der Waals surface area contributed by atoms with Crippen molar-refractivity contribution in [2.45, 2.75) is 25.6 Å². The number of nitrogens with zero attached hydrogens (tertiary/aromatic N) is 2. The number of benzene rings is 1. The van der Waals surface area contributed by atoms with Crippen molar-refractivity contribution in [3.8, 4) is 0 Å². The summed E-state index contributed by atoms with van der Waals surface area (Å²) in [5.41, 5.74) is 1.74. The molecule has 2 aliphatic rings. The molecule has 0 spiro atoms. The second-order valence-electron chi connectivity index (χ2n) is 6.63. The fraction of sp³-hybridized carbons (Fsp3) is 0.526. The third-order valence-electron chi connectivity index (χ3n) is 5.13. The number of carbonyl (C=O) groups is 1. The minimum absolute atomic E-state index is 0.0545. The monoisotopic (exact) mass is 329 g/mol. The van der Waals surface area contributed by atoms with Crippen molar-refractivity contribution in [1.82, 2.24) is 15.1 Å². The average molecular weight is 329 g/mol. The van der Waals surface area contributed by atoms with Gasteiger partial charge in [-0.25, -0.2) is 0 Å². The summed E-state index contributed by atoms with van der Waals surface area (Å²) >= 11 is 0. The van der Waals surface area contributed by atoms with E-state index in [4.69, 9.17) is 4.74 Å². The van der Waals surface area contributed by atoms with Gasteiger partial charge in [-0.15, -0.1) is 0 Å². The molecule has 1 atom stereocenters. The quantitative estimate of drug-likeness (QED) is 0.798. The molecule has 130 valence electrons. The zero-order valence-electron chi connectivity index (χ0n) is 14.4. The largest absolute Gasteiger partial charge is 0.378 e. The van der Waals surface area contributed by atoms with E-state index in [1.165, 1.54) is 0 Å². The van der Waals surface area contributed by atoms with Crippen LogP contribution in [0.25, 0.3) is 0 Å². The van der Waals surface area contributed by atoms with Crippen LogP contribution in [0, 0.1) is 0 Å². The standard InChI is InChI=1S/C19H27N3O2/c1-15(19(23)20-12-17-6-4-3-5-7-17)16(2)21-8-10-22(11-9-21)18-13-24-14-18/h3-7,16,18H,1,8-14H2,2H3,(H,20,23). The van der Waals surface area contributed by atoms with Crippen LogP contribution in [0.3, 0.4) is 0 Å². The van der Waals surface area contributed by atoms with Gasteiger partial charge in [-0.05, 0) is 12.5 Å². The fourth-order valence-electron chi connectivity index (χ4n) is 3.23. The highest BCUT2D eigenvalue weighted by molar-refractivity contribution is 5.93. The van der Waals surface area contributed by atoms with Gasteiger partial charge in [0.15, 0.2) is 0 Å². The van der Waals surface area contributed by atoms with Gasteiger partial charge >= 0.3 is 0 Å². The predicted molar refractivity (Wildman–Crippen MR) is 94.6 cm³/mol. The highest BCUT2D eigenvalue weighted by Crippen LogP contribution is 2.17. The van der Waals surface area contributed by atoms with E-state index in [-0.39, 0.29) is 11.9 Å². The summed E-state index contributed by atoms with van der Waals surface area (Å²) in [5.74, 6) is -0.0545. The molecule has 0 aliphatic carbocycles. The Morgan fingerprint density at radius 2 is 1.92 bits per heavy atom.